The third-order valence-electron chi connectivity index (χ3n) is 5.79. The zero-order valence-electron chi connectivity index (χ0n) is 14.4. The minimum Gasteiger partial charge on any atom is -0.481 e. The molecule has 3 aromatic rings. The van der Waals surface area contributed by atoms with Gasteiger partial charge >= 0.3 is 5.97 Å². The number of fused-ring (bicyclic) bond motifs is 3. The fourth-order valence-corrected chi connectivity index (χ4v) is 4.44. The van der Waals surface area contributed by atoms with Crippen molar-refractivity contribution in [3.63, 3.8) is 0 Å². The quantitative estimate of drug-likeness (QED) is 0.722. The number of H-pyrrole nitrogens is 1. The van der Waals surface area contributed by atoms with Gasteiger partial charge in [-0.1, -0.05) is 55.5 Å². The van der Waals surface area contributed by atoms with Gasteiger partial charge in [0.2, 0.25) is 0 Å². The van der Waals surface area contributed by atoms with Gasteiger partial charge in [0, 0.05) is 22.5 Å². The van der Waals surface area contributed by atoms with Crippen LogP contribution in [0.4, 0.5) is 0 Å². The number of rotatable bonds is 4. The van der Waals surface area contributed by atoms with Crippen molar-refractivity contribution in [1.29, 1.82) is 0 Å². The summed E-state index contributed by atoms with van der Waals surface area (Å²) in [5.41, 5.74) is 5.05. The summed E-state index contributed by atoms with van der Waals surface area (Å²) >= 11 is 0. The summed E-state index contributed by atoms with van der Waals surface area (Å²) in [6, 6.07) is 18.8. The first-order valence-corrected chi connectivity index (χ1v) is 9.01. The average Bonchev–Trinajstić information content (AvgIpc) is 3.01. The fourth-order valence-electron chi connectivity index (χ4n) is 4.44. The Hall–Kier alpha value is -2.55. The minimum atomic E-state index is -0.692. The van der Waals surface area contributed by atoms with Crippen LogP contribution < -0.4 is 0 Å². The number of nitrogens with one attached hydrogen (secondary N) is 1. The molecule has 3 atom stereocenters. The number of benzene rings is 2. The Balaban J connectivity index is 1.80. The highest BCUT2D eigenvalue weighted by Crippen LogP contribution is 2.44. The molecule has 3 heteroatoms. The van der Waals surface area contributed by atoms with Crippen LogP contribution in [0.15, 0.2) is 54.6 Å². The second-order valence-corrected chi connectivity index (χ2v) is 7.19. The van der Waals surface area contributed by atoms with Crippen LogP contribution >= 0.6 is 0 Å². The molecule has 4 rings (SSSR count). The van der Waals surface area contributed by atoms with Crippen LogP contribution in [-0.4, -0.2) is 16.1 Å². The number of aromatic nitrogens is 1. The Morgan fingerprint density at radius 2 is 1.88 bits per heavy atom. The largest absolute Gasteiger partial charge is 0.481 e. The molecule has 2 N–H and O–H groups in total. The molecular formula is C22H23NO2. The molecule has 0 amide bonds. The highest BCUT2D eigenvalue weighted by atomic mass is 16.4. The summed E-state index contributed by atoms with van der Waals surface area (Å²) in [5, 5.41) is 10.9. The van der Waals surface area contributed by atoms with Gasteiger partial charge in [0.15, 0.2) is 0 Å². The van der Waals surface area contributed by atoms with E-state index >= 15 is 0 Å². The molecule has 0 fully saturated rings. The van der Waals surface area contributed by atoms with E-state index in [4.69, 9.17) is 0 Å². The smallest absolute Gasteiger partial charge is 0.306 e. The summed E-state index contributed by atoms with van der Waals surface area (Å²) in [5.74, 6) is -0.668. The normalized spacial score (nSPS) is 21.0. The third kappa shape index (κ3) is 2.84. The first-order chi connectivity index (χ1) is 12.1. The lowest BCUT2D eigenvalue weighted by Crippen LogP contribution is -2.31. The van der Waals surface area contributed by atoms with E-state index in [9.17, 15) is 9.90 Å². The Labute approximate surface area is 147 Å². The summed E-state index contributed by atoms with van der Waals surface area (Å²) in [7, 11) is 0. The summed E-state index contributed by atoms with van der Waals surface area (Å²) in [6.45, 7) is 1.86. The number of aromatic amines is 1. The summed E-state index contributed by atoms with van der Waals surface area (Å²) < 4.78 is 0. The molecule has 1 heterocycles. The number of para-hydroxylation sites is 1. The molecule has 1 aromatic heterocycles. The first-order valence-electron chi connectivity index (χ1n) is 9.01. The number of hydrogen-bond acceptors (Lipinski definition) is 1. The second-order valence-electron chi connectivity index (χ2n) is 7.19. The van der Waals surface area contributed by atoms with Gasteiger partial charge in [-0.05, 0) is 42.4 Å². The van der Waals surface area contributed by atoms with E-state index in [-0.39, 0.29) is 17.8 Å². The number of carbonyl (C=O) groups is 1. The van der Waals surface area contributed by atoms with Gasteiger partial charge in [0.1, 0.15) is 0 Å². The van der Waals surface area contributed by atoms with Gasteiger partial charge in [-0.2, -0.15) is 0 Å². The van der Waals surface area contributed by atoms with Crippen LogP contribution in [0.3, 0.4) is 0 Å². The van der Waals surface area contributed by atoms with Gasteiger partial charge in [-0.25, -0.2) is 0 Å². The molecule has 0 bridgehead atoms. The fraction of sp³-hybridized carbons (Fsp3) is 0.318. The Morgan fingerprint density at radius 3 is 2.64 bits per heavy atom. The van der Waals surface area contributed by atoms with Gasteiger partial charge in [-0.15, -0.1) is 0 Å². The summed E-state index contributed by atoms with van der Waals surface area (Å²) in [4.78, 5) is 15.3. The first kappa shape index (κ1) is 15.9. The molecule has 2 aromatic carbocycles. The highest BCUT2D eigenvalue weighted by Gasteiger charge is 2.37. The number of hydrogen-bond donors (Lipinski definition) is 2. The van der Waals surface area contributed by atoms with Crippen molar-refractivity contribution in [2.45, 2.75) is 32.1 Å². The molecule has 0 spiro atoms. The molecule has 25 heavy (non-hydrogen) atoms. The van der Waals surface area contributed by atoms with Crippen molar-refractivity contribution >= 4 is 16.9 Å². The molecule has 0 saturated heterocycles. The molecule has 3 nitrogen and oxygen atoms in total. The van der Waals surface area contributed by atoms with Crippen molar-refractivity contribution in [3.05, 3.63) is 71.4 Å². The average molecular weight is 333 g/mol. The van der Waals surface area contributed by atoms with Crippen LogP contribution in [0.25, 0.3) is 10.9 Å². The van der Waals surface area contributed by atoms with Gasteiger partial charge in [0.25, 0.3) is 0 Å². The van der Waals surface area contributed by atoms with E-state index in [2.05, 4.69) is 47.4 Å². The lowest BCUT2D eigenvalue weighted by molar-refractivity contribution is -0.143. The number of aliphatic carboxylic acids is 1. The van der Waals surface area contributed by atoms with Crippen LogP contribution in [-0.2, 0) is 17.6 Å². The molecule has 128 valence electrons. The predicted octanol–water partition coefficient (Wildman–Crippen LogP) is 4.78. The SMILES string of the molecule is CC(C(=O)O)C1CCc2c([nH]c3ccccc23)C1Cc1ccccc1. The van der Waals surface area contributed by atoms with Crippen LogP contribution in [0.1, 0.15) is 36.1 Å². The van der Waals surface area contributed by atoms with Crippen LogP contribution in [0.5, 0.6) is 0 Å². The van der Waals surface area contributed by atoms with Crippen molar-refractivity contribution in [3.8, 4) is 0 Å². The van der Waals surface area contributed by atoms with Gasteiger partial charge in [0.05, 0.1) is 5.92 Å². The maximum atomic E-state index is 11.7. The van der Waals surface area contributed by atoms with E-state index in [0.717, 1.165) is 24.8 Å². The molecule has 1 aliphatic rings. The van der Waals surface area contributed by atoms with Gasteiger partial charge < -0.3 is 10.1 Å². The van der Waals surface area contributed by atoms with Crippen molar-refractivity contribution < 1.29 is 9.90 Å². The Kier molecular flexibility index (Phi) is 4.08. The van der Waals surface area contributed by atoms with Crippen molar-refractivity contribution in [2.75, 3.05) is 0 Å². The maximum absolute atomic E-state index is 11.7. The number of carboxylic acids is 1. The van der Waals surface area contributed by atoms with E-state index < -0.39 is 5.97 Å². The molecule has 3 unspecified atom stereocenters. The molecule has 0 aliphatic heterocycles. The van der Waals surface area contributed by atoms with Gasteiger partial charge in [-0.3, -0.25) is 4.79 Å². The topological polar surface area (TPSA) is 53.1 Å². The highest BCUT2D eigenvalue weighted by molar-refractivity contribution is 5.85. The van der Waals surface area contributed by atoms with E-state index in [1.54, 1.807) is 0 Å². The maximum Gasteiger partial charge on any atom is 0.306 e. The van der Waals surface area contributed by atoms with Crippen LogP contribution in [0, 0.1) is 11.8 Å². The summed E-state index contributed by atoms with van der Waals surface area (Å²) in [6.07, 6.45) is 2.76. The standard InChI is InChI=1S/C22H23NO2/c1-14(22(24)25)16-11-12-18-17-9-5-6-10-20(17)23-21(18)19(16)13-15-7-3-2-4-8-15/h2-10,14,16,19,23H,11-13H2,1H3,(H,24,25). The van der Waals surface area contributed by atoms with E-state index in [1.165, 1.54) is 22.2 Å². The lowest BCUT2D eigenvalue weighted by atomic mass is 9.70. The monoisotopic (exact) mass is 333 g/mol. The Morgan fingerprint density at radius 1 is 1.16 bits per heavy atom. The molecule has 0 saturated carbocycles. The van der Waals surface area contributed by atoms with Crippen LogP contribution in [0.2, 0.25) is 0 Å². The predicted molar refractivity (Wildman–Crippen MR) is 99.8 cm³/mol. The zero-order chi connectivity index (χ0) is 17.4. The molecule has 0 radical (unpaired) electrons. The zero-order valence-corrected chi connectivity index (χ0v) is 14.4. The second kappa shape index (κ2) is 6.40. The Bertz CT molecular complexity index is 897. The molecule has 1 aliphatic carbocycles. The number of carboxylic acid groups (broad SMARTS) is 1. The minimum absolute atomic E-state index is 0.151. The van der Waals surface area contributed by atoms with E-state index in [1.807, 2.05) is 19.1 Å². The number of aryl methyl sites for hydroxylation is 1. The van der Waals surface area contributed by atoms with Crippen molar-refractivity contribution in [2.24, 2.45) is 11.8 Å². The van der Waals surface area contributed by atoms with E-state index in [0.29, 0.717) is 0 Å². The lowest BCUT2D eigenvalue weighted by Gasteiger charge is -2.34. The molecular weight excluding hydrogens is 310 g/mol. The third-order valence-corrected chi connectivity index (χ3v) is 5.79. The van der Waals surface area contributed by atoms with Crippen molar-refractivity contribution in [1.82, 2.24) is 4.98 Å².